The van der Waals surface area contributed by atoms with E-state index < -0.39 is 35.1 Å². The number of amides is 2. The summed E-state index contributed by atoms with van der Waals surface area (Å²) < 4.78 is 40.6. The van der Waals surface area contributed by atoms with Crippen LogP contribution in [0.1, 0.15) is 39.2 Å². The van der Waals surface area contributed by atoms with Gasteiger partial charge in [0.15, 0.2) is 6.04 Å². The van der Waals surface area contributed by atoms with E-state index in [2.05, 4.69) is 21.2 Å². The molecule has 10 heteroatoms. The lowest BCUT2D eigenvalue weighted by Crippen LogP contribution is -2.55. The van der Waals surface area contributed by atoms with Gasteiger partial charge in [-0.1, -0.05) is 6.07 Å². The monoisotopic (exact) mass is 491 g/mol. The van der Waals surface area contributed by atoms with Crippen molar-refractivity contribution in [2.75, 3.05) is 20.2 Å². The molecule has 0 bridgehead atoms. The van der Waals surface area contributed by atoms with Crippen LogP contribution in [0.15, 0.2) is 22.7 Å². The highest BCUT2D eigenvalue weighted by molar-refractivity contribution is 9.10. The number of methoxy groups -OCH3 is 1. The molecule has 7 nitrogen and oxygen atoms in total. The number of ether oxygens (including phenoxy) is 2. The van der Waals surface area contributed by atoms with Gasteiger partial charge in [0.2, 0.25) is 5.91 Å². The molecule has 1 fully saturated rings. The first-order valence-corrected chi connectivity index (χ1v) is 10.4. The number of alkyl halides is 2. The Morgan fingerprint density at radius 2 is 1.87 bits per heavy atom. The minimum Gasteiger partial charge on any atom is -0.496 e. The summed E-state index contributed by atoms with van der Waals surface area (Å²) >= 11 is 3.21. The molecule has 1 heterocycles. The number of rotatable bonds is 5. The molecule has 1 aliphatic heterocycles. The van der Waals surface area contributed by atoms with Crippen LogP contribution < -0.4 is 15.8 Å². The van der Waals surface area contributed by atoms with E-state index in [4.69, 9.17) is 15.2 Å². The van der Waals surface area contributed by atoms with Crippen LogP contribution >= 0.6 is 15.9 Å². The van der Waals surface area contributed by atoms with E-state index in [0.29, 0.717) is 17.3 Å². The molecular weight excluding hydrogens is 464 g/mol. The highest BCUT2D eigenvalue weighted by Crippen LogP contribution is 2.36. The smallest absolute Gasteiger partial charge is 0.407 e. The topological polar surface area (TPSA) is 93.9 Å². The Hall–Kier alpha value is -1.94. The number of halogens is 3. The average molecular weight is 492 g/mol. The average Bonchev–Trinajstić information content (AvgIpc) is 2.66. The fraction of sp³-hybridized carbons (Fsp3) is 0.600. The lowest BCUT2D eigenvalue weighted by Gasteiger charge is -2.35. The second-order valence-electron chi connectivity index (χ2n) is 8.20. The molecule has 0 aromatic heterocycles. The van der Waals surface area contributed by atoms with Gasteiger partial charge >= 0.3 is 6.09 Å². The molecule has 2 rings (SSSR count). The number of benzene rings is 1. The van der Waals surface area contributed by atoms with Gasteiger partial charge in [-0.2, -0.15) is 8.78 Å². The van der Waals surface area contributed by atoms with Gasteiger partial charge in [-0.05, 0) is 61.7 Å². The quantitative estimate of drug-likeness (QED) is 0.658. The number of nitrogens with zero attached hydrogens (tertiary/aromatic N) is 1. The zero-order valence-corrected chi connectivity index (χ0v) is 19.1. The Morgan fingerprint density at radius 1 is 1.27 bits per heavy atom. The van der Waals surface area contributed by atoms with Crippen molar-refractivity contribution in [1.82, 2.24) is 10.2 Å². The largest absolute Gasteiger partial charge is 0.496 e. The molecule has 1 aromatic carbocycles. The van der Waals surface area contributed by atoms with Crippen LogP contribution in [0, 0.1) is 0 Å². The third-order valence-electron chi connectivity index (χ3n) is 4.72. The first-order valence-electron chi connectivity index (χ1n) is 9.61. The Bertz CT molecular complexity index is 778. The zero-order valence-electron chi connectivity index (χ0n) is 17.5. The summed E-state index contributed by atoms with van der Waals surface area (Å²) in [6, 6.07) is 1.56. The molecule has 0 radical (unpaired) electrons. The fourth-order valence-corrected chi connectivity index (χ4v) is 3.53. The van der Waals surface area contributed by atoms with Gasteiger partial charge in [-0.25, -0.2) is 4.79 Å². The minimum atomic E-state index is -3.57. The lowest BCUT2D eigenvalue weighted by atomic mass is 9.98. The standard InChI is InChI=1S/C20H28BrF2N3O4/c1-19(2,3)30-18(28)25-13-7-9-26(10-8-13)17(27)16(24)20(22,23)12-5-6-14(21)15(11-12)29-4/h5-6,11,13,16H,7-10,24H2,1-4H3,(H,25,28). The van der Waals surface area contributed by atoms with Gasteiger partial charge in [0.05, 0.1) is 11.6 Å². The number of hydrogen-bond donors (Lipinski definition) is 2. The van der Waals surface area contributed by atoms with Gasteiger partial charge in [0.1, 0.15) is 11.4 Å². The molecular formula is C20H28BrF2N3O4. The maximum Gasteiger partial charge on any atom is 0.407 e. The van der Waals surface area contributed by atoms with E-state index >= 15 is 0 Å². The number of carbonyl (C=O) groups is 2. The summed E-state index contributed by atoms with van der Waals surface area (Å²) in [4.78, 5) is 25.8. The van der Waals surface area contributed by atoms with E-state index in [0.717, 1.165) is 6.07 Å². The molecule has 1 unspecified atom stereocenters. The summed E-state index contributed by atoms with van der Waals surface area (Å²) in [6.07, 6.45) is 0.310. The summed E-state index contributed by atoms with van der Waals surface area (Å²) in [5.41, 5.74) is 4.67. The lowest BCUT2D eigenvalue weighted by molar-refractivity contribution is -0.144. The molecule has 0 aliphatic carbocycles. The molecule has 1 aromatic rings. The summed E-state index contributed by atoms with van der Waals surface area (Å²) in [6.45, 7) is 5.71. The van der Waals surface area contributed by atoms with Gasteiger partial charge < -0.3 is 25.4 Å². The molecule has 0 saturated carbocycles. The van der Waals surface area contributed by atoms with Crippen LogP contribution in [0.3, 0.4) is 0 Å². The third-order valence-corrected chi connectivity index (χ3v) is 5.38. The molecule has 1 saturated heterocycles. The normalized spacial score (nSPS) is 16.7. The van der Waals surface area contributed by atoms with Crippen molar-refractivity contribution in [3.8, 4) is 5.75 Å². The van der Waals surface area contributed by atoms with Crippen molar-refractivity contribution in [3.05, 3.63) is 28.2 Å². The second-order valence-corrected chi connectivity index (χ2v) is 9.05. The molecule has 3 N–H and O–H groups in total. The Labute approximate surface area is 183 Å². The number of nitrogens with one attached hydrogen (secondary N) is 1. The number of nitrogens with two attached hydrogens (primary N) is 1. The fourth-order valence-electron chi connectivity index (χ4n) is 3.12. The molecule has 1 aliphatic rings. The van der Waals surface area contributed by atoms with Crippen molar-refractivity contribution in [1.29, 1.82) is 0 Å². The SMILES string of the molecule is COc1cc(C(F)(F)C(N)C(=O)N2CCC(NC(=O)OC(C)(C)C)CC2)ccc1Br. The van der Waals surface area contributed by atoms with E-state index in [-0.39, 0.29) is 24.9 Å². The second kappa shape index (κ2) is 9.47. The predicted octanol–water partition coefficient (Wildman–Crippen LogP) is 3.39. The van der Waals surface area contributed by atoms with Crippen LogP contribution in [-0.4, -0.2) is 54.8 Å². The Kier molecular flexibility index (Phi) is 7.68. The van der Waals surface area contributed by atoms with Crippen molar-refractivity contribution in [2.24, 2.45) is 5.73 Å². The molecule has 2 amide bonds. The molecule has 168 valence electrons. The molecule has 0 spiro atoms. The van der Waals surface area contributed by atoms with Gasteiger partial charge in [0.25, 0.3) is 5.92 Å². The Morgan fingerprint density at radius 3 is 2.40 bits per heavy atom. The van der Waals surface area contributed by atoms with E-state index in [9.17, 15) is 18.4 Å². The summed E-state index contributed by atoms with van der Waals surface area (Å²) in [5.74, 6) is -4.19. The first-order chi connectivity index (χ1) is 13.8. The molecule has 1 atom stereocenters. The van der Waals surface area contributed by atoms with Crippen LogP contribution in [-0.2, 0) is 15.5 Å². The van der Waals surface area contributed by atoms with Crippen molar-refractivity contribution in [2.45, 2.75) is 57.2 Å². The number of piperidine rings is 1. The van der Waals surface area contributed by atoms with Gasteiger partial charge in [-0.15, -0.1) is 0 Å². The van der Waals surface area contributed by atoms with Crippen LogP contribution in [0.25, 0.3) is 0 Å². The highest BCUT2D eigenvalue weighted by atomic mass is 79.9. The highest BCUT2D eigenvalue weighted by Gasteiger charge is 2.46. The molecule has 30 heavy (non-hydrogen) atoms. The number of likely N-dealkylation sites (tertiary alicyclic amines) is 1. The number of alkyl carbamates (subject to hydrolysis) is 1. The maximum absolute atomic E-state index is 14.9. The third kappa shape index (κ3) is 6.04. The predicted molar refractivity (Wildman–Crippen MR) is 112 cm³/mol. The summed E-state index contributed by atoms with van der Waals surface area (Å²) in [5, 5.41) is 2.74. The van der Waals surface area contributed by atoms with Crippen LogP contribution in [0.5, 0.6) is 5.75 Å². The minimum absolute atomic E-state index is 0.198. The van der Waals surface area contributed by atoms with Crippen molar-refractivity contribution in [3.63, 3.8) is 0 Å². The van der Waals surface area contributed by atoms with Gasteiger partial charge in [0, 0.05) is 24.7 Å². The van der Waals surface area contributed by atoms with E-state index in [1.165, 1.54) is 24.1 Å². The summed E-state index contributed by atoms with van der Waals surface area (Å²) in [7, 11) is 1.36. The van der Waals surface area contributed by atoms with Crippen molar-refractivity contribution < 1.29 is 27.8 Å². The first kappa shape index (κ1) is 24.3. The number of carbonyl (C=O) groups excluding carboxylic acids is 2. The van der Waals surface area contributed by atoms with Gasteiger partial charge in [-0.3, -0.25) is 4.79 Å². The Balaban J connectivity index is 1.98. The van der Waals surface area contributed by atoms with E-state index in [1.807, 2.05) is 0 Å². The van der Waals surface area contributed by atoms with Crippen LogP contribution in [0.2, 0.25) is 0 Å². The van der Waals surface area contributed by atoms with Crippen LogP contribution in [0.4, 0.5) is 13.6 Å². The maximum atomic E-state index is 14.9. The van der Waals surface area contributed by atoms with Crippen molar-refractivity contribution >= 4 is 27.9 Å². The zero-order chi connectivity index (χ0) is 22.7. The number of hydrogen-bond acceptors (Lipinski definition) is 5. The van der Waals surface area contributed by atoms with E-state index in [1.54, 1.807) is 20.8 Å².